The quantitative estimate of drug-likeness (QED) is 0.0262. The Kier molecular flexibility index (Phi) is 51.0. The van der Waals surface area contributed by atoms with Crippen molar-refractivity contribution in [2.75, 3.05) is 13.2 Å². The minimum atomic E-state index is -0.830. The molecule has 67 heavy (non-hydrogen) atoms. The van der Waals surface area contributed by atoms with E-state index < -0.39 is 6.10 Å². The average Bonchev–Trinajstić information content (AvgIpc) is 3.33. The zero-order valence-corrected chi connectivity index (χ0v) is 43.1. The van der Waals surface area contributed by atoms with Gasteiger partial charge in [-0.05, 0) is 128 Å². The van der Waals surface area contributed by atoms with E-state index in [4.69, 9.17) is 14.2 Å². The van der Waals surface area contributed by atoms with Gasteiger partial charge in [-0.3, -0.25) is 14.4 Å². The highest BCUT2D eigenvalue weighted by Gasteiger charge is 2.19. The van der Waals surface area contributed by atoms with E-state index in [1.54, 1.807) is 0 Å². The Hall–Kier alpha value is -4.19. The number of ether oxygens (including phenoxy) is 3. The van der Waals surface area contributed by atoms with E-state index in [9.17, 15) is 14.4 Å². The Bertz CT molecular complexity index is 1440. The van der Waals surface area contributed by atoms with Crippen molar-refractivity contribution in [2.45, 2.75) is 232 Å². The lowest BCUT2D eigenvalue weighted by molar-refractivity contribution is -0.167. The molecule has 0 aliphatic heterocycles. The standard InChI is InChI=1S/C61H98O6/c1-4-7-10-13-16-19-22-25-28-30-33-36-39-42-45-48-51-54-60(63)66-57-58(56-65-59(62)53-50-47-44-41-38-35-32-27-24-21-18-15-12-9-6-3)67-61(64)55-52-49-46-43-40-37-34-31-29-26-23-20-17-14-11-8-5-2/h9,12,16-21,25-29,32,34,37-38,41,43,46,58H,4-8,10-11,13-15,22-24,30-31,33,35-36,39-40,42,44-45,47-57H2,1-3H3/b12-9-,19-16-,20-17-,21-18-,28-25-,29-26-,32-27-,37-34-,41-38-,46-43-/t58-/m1/s1. The molecule has 6 heteroatoms. The topological polar surface area (TPSA) is 78.9 Å². The van der Waals surface area contributed by atoms with E-state index in [2.05, 4.69) is 142 Å². The number of unbranched alkanes of at least 4 members (excludes halogenated alkanes) is 16. The van der Waals surface area contributed by atoms with Gasteiger partial charge in [0.05, 0.1) is 0 Å². The molecule has 0 amide bonds. The maximum absolute atomic E-state index is 12.8. The second kappa shape index (κ2) is 54.4. The first-order valence-corrected chi connectivity index (χ1v) is 27.0. The SMILES string of the molecule is CC/C=C\C/C=C\C/C=C\C/C=C\CCCCC(=O)OC[C@H](COC(=O)CCCCCCCCC/C=C\C/C=C\CCCCC)OC(=O)CCC/C=C\C/C=C\C/C=C\C/C=C\CCCCC. The molecule has 0 radical (unpaired) electrons. The average molecular weight is 927 g/mol. The molecule has 6 nitrogen and oxygen atoms in total. The largest absolute Gasteiger partial charge is 0.462 e. The minimum absolute atomic E-state index is 0.120. The Morgan fingerprint density at radius 3 is 0.985 bits per heavy atom. The Labute approximate surface area is 412 Å². The molecular formula is C61H98O6. The Morgan fingerprint density at radius 1 is 0.313 bits per heavy atom. The second-order valence-corrected chi connectivity index (χ2v) is 17.4. The maximum Gasteiger partial charge on any atom is 0.306 e. The summed E-state index contributed by atoms with van der Waals surface area (Å²) in [5.41, 5.74) is 0. The van der Waals surface area contributed by atoms with Crippen LogP contribution in [0.4, 0.5) is 0 Å². The van der Waals surface area contributed by atoms with Crippen LogP contribution in [0, 0.1) is 0 Å². The Morgan fingerprint density at radius 2 is 0.597 bits per heavy atom. The van der Waals surface area contributed by atoms with Gasteiger partial charge in [0, 0.05) is 19.3 Å². The monoisotopic (exact) mass is 927 g/mol. The van der Waals surface area contributed by atoms with Gasteiger partial charge in [-0.1, -0.05) is 200 Å². The first-order valence-electron chi connectivity index (χ1n) is 27.0. The van der Waals surface area contributed by atoms with Gasteiger partial charge in [-0.2, -0.15) is 0 Å². The highest BCUT2D eigenvalue weighted by atomic mass is 16.6. The summed E-state index contributed by atoms with van der Waals surface area (Å²) < 4.78 is 16.7. The molecule has 0 N–H and O–H groups in total. The number of esters is 3. The number of rotatable bonds is 47. The lowest BCUT2D eigenvalue weighted by Crippen LogP contribution is -2.30. The van der Waals surface area contributed by atoms with Crippen LogP contribution in [0.25, 0.3) is 0 Å². The lowest BCUT2D eigenvalue weighted by atomic mass is 10.1. The molecule has 378 valence electrons. The van der Waals surface area contributed by atoms with Crippen molar-refractivity contribution in [1.82, 2.24) is 0 Å². The normalized spacial score (nSPS) is 13.1. The molecule has 0 aromatic carbocycles. The van der Waals surface area contributed by atoms with Gasteiger partial charge >= 0.3 is 17.9 Å². The zero-order chi connectivity index (χ0) is 48.6. The molecule has 0 rings (SSSR count). The van der Waals surface area contributed by atoms with Crippen LogP contribution in [0.5, 0.6) is 0 Å². The molecule has 1 atom stereocenters. The first-order chi connectivity index (χ1) is 33.0. The summed E-state index contributed by atoms with van der Waals surface area (Å²) in [6.07, 6.45) is 74.7. The number of hydrogen-bond acceptors (Lipinski definition) is 6. The van der Waals surface area contributed by atoms with Crippen molar-refractivity contribution in [2.24, 2.45) is 0 Å². The minimum Gasteiger partial charge on any atom is -0.462 e. The molecule has 0 aliphatic rings. The molecule has 0 heterocycles. The van der Waals surface area contributed by atoms with Gasteiger partial charge in [0.25, 0.3) is 0 Å². The molecule has 0 saturated heterocycles. The maximum atomic E-state index is 12.8. The van der Waals surface area contributed by atoms with E-state index >= 15 is 0 Å². The summed E-state index contributed by atoms with van der Waals surface area (Å²) in [7, 11) is 0. The van der Waals surface area contributed by atoms with E-state index in [1.165, 1.54) is 77.0 Å². The van der Waals surface area contributed by atoms with Crippen LogP contribution >= 0.6 is 0 Å². The number of hydrogen-bond donors (Lipinski definition) is 0. The van der Waals surface area contributed by atoms with E-state index in [1.807, 2.05) is 0 Å². The lowest BCUT2D eigenvalue weighted by Gasteiger charge is -2.18. The van der Waals surface area contributed by atoms with Crippen molar-refractivity contribution in [1.29, 1.82) is 0 Å². The molecule has 0 aromatic heterocycles. The third-order valence-electron chi connectivity index (χ3n) is 10.9. The third-order valence-corrected chi connectivity index (χ3v) is 10.9. The predicted octanol–water partition coefficient (Wildman–Crippen LogP) is 18.1. The number of allylic oxidation sites excluding steroid dienone is 20. The fourth-order valence-corrected chi connectivity index (χ4v) is 6.87. The van der Waals surface area contributed by atoms with Crippen molar-refractivity contribution in [3.8, 4) is 0 Å². The van der Waals surface area contributed by atoms with E-state index in [-0.39, 0.29) is 44.0 Å². The van der Waals surface area contributed by atoms with E-state index in [0.29, 0.717) is 19.3 Å². The molecular weight excluding hydrogens is 829 g/mol. The zero-order valence-electron chi connectivity index (χ0n) is 43.1. The fraction of sp³-hybridized carbons (Fsp3) is 0.623. The van der Waals surface area contributed by atoms with Gasteiger partial charge in [0.15, 0.2) is 6.10 Å². The number of carbonyl (C=O) groups excluding carboxylic acids is 3. The second-order valence-electron chi connectivity index (χ2n) is 17.4. The Balaban J connectivity index is 4.57. The smallest absolute Gasteiger partial charge is 0.306 e. The van der Waals surface area contributed by atoms with Gasteiger partial charge in [0.2, 0.25) is 0 Å². The van der Waals surface area contributed by atoms with Crippen LogP contribution in [0.2, 0.25) is 0 Å². The highest BCUT2D eigenvalue weighted by molar-refractivity contribution is 5.71. The third kappa shape index (κ3) is 52.6. The summed E-state index contributed by atoms with van der Waals surface area (Å²) in [5, 5.41) is 0. The molecule has 0 bridgehead atoms. The van der Waals surface area contributed by atoms with Crippen LogP contribution in [-0.2, 0) is 28.6 Å². The fourth-order valence-electron chi connectivity index (χ4n) is 6.87. The number of carbonyl (C=O) groups is 3. The molecule has 0 aromatic rings. The van der Waals surface area contributed by atoms with Crippen LogP contribution in [0.15, 0.2) is 122 Å². The van der Waals surface area contributed by atoms with Crippen LogP contribution < -0.4 is 0 Å². The summed E-state index contributed by atoms with van der Waals surface area (Å²) in [6.45, 7) is 6.37. The molecule has 0 aliphatic carbocycles. The summed E-state index contributed by atoms with van der Waals surface area (Å²) in [5.74, 6) is -1.03. The van der Waals surface area contributed by atoms with Crippen LogP contribution in [0.1, 0.15) is 226 Å². The molecule has 0 unspecified atom stereocenters. The van der Waals surface area contributed by atoms with Gasteiger partial charge in [0.1, 0.15) is 13.2 Å². The summed E-state index contributed by atoms with van der Waals surface area (Å²) in [4.78, 5) is 38.0. The van der Waals surface area contributed by atoms with Crippen molar-refractivity contribution < 1.29 is 28.6 Å². The summed E-state index contributed by atoms with van der Waals surface area (Å²) in [6, 6.07) is 0. The molecule has 0 saturated carbocycles. The van der Waals surface area contributed by atoms with Gasteiger partial charge < -0.3 is 14.2 Å². The van der Waals surface area contributed by atoms with Gasteiger partial charge in [-0.25, -0.2) is 0 Å². The molecule has 0 fully saturated rings. The van der Waals surface area contributed by atoms with Crippen LogP contribution in [0.3, 0.4) is 0 Å². The van der Waals surface area contributed by atoms with Crippen LogP contribution in [-0.4, -0.2) is 37.2 Å². The van der Waals surface area contributed by atoms with Crippen molar-refractivity contribution in [3.63, 3.8) is 0 Å². The van der Waals surface area contributed by atoms with Gasteiger partial charge in [-0.15, -0.1) is 0 Å². The predicted molar refractivity (Wildman–Crippen MR) is 288 cm³/mol. The first kappa shape index (κ1) is 62.8. The van der Waals surface area contributed by atoms with Crippen molar-refractivity contribution in [3.05, 3.63) is 122 Å². The highest BCUT2D eigenvalue weighted by Crippen LogP contribution is 2.12. The van der Waals surface area contributed by atoms with Crippen molar-refractivity contribution >= 4 is 17.9 Å². The molecule has 0 spiro atoms. The van der Waals surface area contributed by atoms with E-state index in [0.717, 1.165) is 96.3 Å². The summed E-state index contributed by atoms with van der Waals surface area (Å²) >= 11 is 0.